The normalized spacial score (nSPS) is 15.1. The highest BCUT2D eigenvalue weighted by molar-refractivity contribution is 6.42. The van der Waals surface area contributed by atoms with Crippen molar-refractivity contribution in [3.8, 4) is 0 Å². The second-order valence-electron chi connectivity index (χ2n) is 5.96. The van der Waals surface area contributed by atoms with Crippen molar-refractivity contribution in [3.63, 3.8) is 0 Å². The summed E-state index contributed by atoms with van der Waals surface area (Å²) in [6, 6.07) is 3.19. The third kappa shape index (κ3) is 3.49. The highest BCUT2D eigenvalue weighted by Gasteiger charge is 2.23. The van der Waals surface area contributed by atoms with Gasteiger partial charge in [-0.1, -0.05) is 36.0 Å². The zero-order valence-electron chi connectivity index (χ0n) is 12.9. The average Bonchev–Trinajstić information content (AvgIpc) is 3.15. The molecule has 8 heteroatoms. The fourth-order valence-electron chi connectivity index (χ4n) is 3.12. The molecule has 1 aliphatic rings. The van der Waals surface area contributed by atoms with Crippen LogP contribution >= 0.6 is 23.2 Å². The number of hydrogen-bond acceptors (Lipinski definition) is 3. The summed E-state index contributed by atoms with van der Waals surface area (Å²) in [7, 11) is 0. The molecule has 24 heavy (non-hydrogen) atoms. The molecule has 1 amide bonds. The lowest BCUT2D eigenvalue weighted by molar-refractivity contribution is -0.137. The van der Waals surface area contributed by atoms with Crippen molar-refractivity contribution in [2.45, 2.75) is 38.8 Å². The smallest absolute Gasteiger partial charge is 0.323 e. The van der Waals surface area contributed by atoms with E-state index >= 15 is 0 Å². The van der Waals surface area contributed by atoms with Crippen LogP contribution in [-0.2, 0) is 22.7 Å². The lowest BCUT2D eigenvalue weighted by atomic mass is 10.1. The van der Waals surface area contributed by atoms with Crippen molar-refractivity contribution in [2.24, 2.45) is 5.92 Å². The maximum Gasteiger partial charge on any atom is 0.323 e. The molecule has 0 bridgehead atoms. The predicted molar refractivity (Wildman–Crippen MR) is 91.2 cm³/mol. The Morgan fingerprint density at radius 3 is 2.58 bits per heavy atom. The van der Waals surface area contributed by atoms with E-state index in [1.54, 1.807) is 12.1 Å². The molecule has 3 rings (SSSR count). The molecular formula is C16H17Cl2N3O3. The molecule has 0 radical (unpaired) electrons. The van der Waals surface area contributed by atoms with E-state index in [1.165, 1.54) is 4.57 Å². The van der Waals surface area contributed by atoms with Gasteiger partial charge in [-0.15, -0.1) is 0 Å². The quantitative estimate of drug-likeness (QED) is 0.846. The van der Waals surface area contributed by atoms with E-state index in [9.17, 15) is 9.59 Å². The number of nitrogens with zero attached hydrogens (tertiary/aromatic N) is 2. The average molecular weight is 370 g/mol. The molecule has 0 aliphatic heterocycles. The van der Waals surface area contributed by atoms with Crippen LogP contribution in [-0.4, -0.2) is 26.5 Å². The molecule has 0 atom stereocenters. The number of carboxylic acids is 1. The Morgan fingerprint density at radius 2 is 1.92 bits per heavy atom. The van der Waals surface area contributed by atoms with Gasteiger partial charge >= 0.3 is 5.97 Å². The van der Waals surface area contributed by atoms with Crippen LogP contribution in [0, 0.1) is 5.92 Å². The summed E-state index contributed by atoms with van der Waals surface area (Å²) < 4.78 is 1.54. The summed E-state index contributed by atoms with van der Waals surface area (Å²) >= 11 is 12.0. The number of halogens is 2. The van der Waals surface area contributed by atoms with Gasteiger partial charge in [0.15, 0.2) is 0 Å². The van der Waals surface area contributed by atoms with Gasteiger partial charge < -0.3 is 15.0 Å². The van der Waals surface area contributed by atoms with E-state index in [4.69, 9.17) is 28.3 Å². The Bertz CT molecular complexity index is 797. The number of benzene rings is 1. The maximum atomic E-state index is 12.2. The van der Waals surface area contributed by atoms with Gasteiger partial charge in [-0.25, -0.2) is 4.98 Å². The number of fused-ring (bicyclic) bond motifs is 1. The first kappa shape index (κ1) is 17.0. The van der Waals surface area contributed by atoms with Crippen molar-refractivity contribution in [2.75, 3.05) is 0 Å². The first-order valence-electron chi connectivity index (χ1n) is 7.79. The Morgan fingerprint density at radius 1 is 1.25 bits per heavy atom. The highest BCUT2D eigenvalue weighted by Crippen LogP contribution is 2.29. The summed E-state index contributed by atoms with van der Waals surface area (Å²) in [6.45, 7) is -0.0877. The molecule has 1 fully saturated rings. The molecule has 6 nitrogen and oxygen atoms in total. The van der Waals surface area contributed by atoms with E-state index in [0.29, 0.717) is 26.9 Å². The van der Waals surface area contributed by atoms with Gasteiger partial charge in [0.05, 0.1) is 27.6 Å². The van der Waals surface area contributed by atoms with E-state index in [1.807, 2.05) is 0 Å². The summed E-state index contributed by atoms with van der Waals surface area (Å²) in [4.78, 5) is 27.7. The van der Waals surface area contributed by atoms with Crippen LogP contribution in [0.4, 0.5) is 0 Å². The Balaban J connectivity index is 1.87. The molecule has 1 aromatic heterocycles. The number of hydrogen-bond donors (Lipinski definition) is 2. The number of amides is 1. The first-order valence-corrected chi connectivity index (χ1v) is 8.55. The largest absolute Gasteiger partial charge is 0.480 e. The number of nitrogens with one attached hydrogen (secondary N) is 1. The minimum atomic E-state index is -0.997. The van der Waals surface area contributed by atoms with E-state index < -0.39 is 5.97 Å². The summed E-state index contributed by atoms with van der Waals surface area (Å²) in [5.41, 5.74) is 1.13. The molecule has 1 saturated carbocycles. The van der Waals surface area contributed by atoms with E-state index in [0.717, 1.165) is 25.7 Å². The Kier molecular flexibility index (Phi) is 4.96. The molecule has 128 valence electrons. The number of carbonyl (C=O) groups is 2. The molecular weight excluding hydrogens is 353 g/mol. The molecule has 0 saturated heterocycles. The molecule has 0 unspecified atom stereocenters. The van der Waals surface area contributed by atoms with Crippen LogP contribution < -0.4 is 5.32 Å². The topological polar surface area (TPSA) is 84.2 Å². The zero-order chi connectivity index (χ0) is 17.3. The van der Waals surface area contributed by atoms with Gasteiger partial charge in [-0.05, 0) is 25.0 Å². The molecule has 1 aliphatic carbocycles. The zero-order valence-corrected chi connectivity index (χ0v) is 14.4. The van der Waals surface area contributed by atoms with Crippen LogP contribution in [0.5, 0.6) is 0 Å². The molecule has 1 aromatic carbocycles. The number of carbonyl (C=O) groups excluding carboxylic acids is 1. The van der Waals surface area contributed by atoms with E-state index in [2.05, 4.69) is 10.3 Å². The van der Waals surface area contributed by atoms with Crippen LogP contribution in [0.25, 0.3) is 11.0 Å². The van der Waals surface area contributed by atoms with Crippen molar-refractivity contribution < 1.29 is 14.7 Å². The summed E-state index contributed by atoms with van der Waals surface area (Å²) in [5, 5.41) is 12.7. The second-order valence-corrected chi connectivity index (χ2v) is 6.78. The molecule has 2 N–H and O–H groups in total. The van der Waals surface area contributed by atoms with Crippen LogP contribution in [0.1, 0.15) is 31.5 Å². The SMILES string of the molecule is O=C(O)Cn1c(CNC(=O)C2CCCC2)nc2cc(Cl)c(Cl)cc21. The maximum absolute atomic E-state index is 12.2. The summed E-state index contributed by atoms with van der Waals surface area (Å²) in [5.74, 6) is -0.482. The van der Waals surface area contributed by atoms with Crippen LogP contribution in [0.2, 0.25) is 10.0 Å². The highest BCUT2D eigenvalue weighted by atomic mass is 35.5. The van der Waals surface area contributed by atoms with Gasteiger partial charge in [0.25, 0.3) is 0 Å². The Labute approximate surface area is 148 Å². The van der Waals surface area contributed by atoms with Gasteiger partial charge in [0.1, 0.15) is 12.4 Å². The Hall–Kier alpha value is -1.79. The van der Waals surface area contributed by atoms with Crippen molar-refractivity contribution in [1.82, 2.24) is 14.9 Å². The van der Waals surface area contributed by atoms with Gasteiger partial charge in [0, 0.05) is 5.92 Å². The van der Waals surface area contributed by atoms with Gasteiger partial charge in [-0.2, -0.15) is 0 Å². The number of rotatable bonds is 5. The standard InChI is InChI=1S/C16H17Cl2N3O3/c17-10-5-12-13(6-11(10)18)21(8-15(22)23)14(20-12)7-19-16(24)9-3-1-2-4-9/h5-6,9H,1-4,7-8H2,(H,19,24)(H,22,23). The predicted octanol–water partition coefficient (Wildman–Crippen LogP) is 3.23. The lowest BCUT2D eigenvalue weighted by Crippen LogP contribution is -2.30. The van der Waals surface area contributed by atoms with Gasteiger partial charge in [0.2, 0.25) is 5.91 Å². The van der Waals surface area contributed by atoms with E-state index in [-0.39, 0.29) is 24.9 Å². The summed E-state index contributed by atoms with van der Waals surface area (Å²) in [6.07, 6.45) is 3.96. The monoisotopic (exact) mass is 369 g/mol. The fourth-order valence-corrected chi connectivity index (χ4v) is 3.43. The van der Waals surface area contributed by atoms with Crippen LogP contribution in [0.15, 0.2) is 12.1 Å². The van der Waals surface area contributed by atoms with Crippen molar-refractivity contribution in [3.05, 3.63) is 28.0 Å². The van der Waals surface area contributed by atoms with Crippen molar-refractivity contribution >= 4 is 46.1 Å². The molecule has 1 heterocycles. The van der Waals surface area contributed by atoms with Gasteiger partial charge in [-0.3, -0.25) is 9.59 Å². The lowest BCUT2D eigenvalue weighted by Gasteiger charge is -2.11. The third-order valence-corrected chi connectivity index (χ3v) is 5.03. The minimum absolute atomic E-state index is 0.00232. The number of aliphatic carboxylic acids is 1. The first-order chi connectivity index (χ1) is 11.5. The number of carboxylic acid groups (broad SMARTS) is 1. The van der Waals surface area contributed by atoms with Crippen LogP contribution in [0.3, 0.4) is 0 Å². The number of aromatic nitrogens is 2. The number of imidazole rings is 1. The second kappa shape index (κ2) is 6.99. The molecule has 2 aromatic rings. The molecule has 0 spiro atoms. The van der Waals surface area contributed by atoms with Crippen molar-refractivity contribution in [1.29, 1.82) is 0 Å². The minimum Gasteiger partial charge on any atom is -0.480 e. The third-order valence-electron chi connectivity index (χ3n) is 4.31. The fraction of sp³-hybridized carbons (Fsp3) is 0.438.